The van der Waals surface area contributed by atoms with Crippen molar-refractivity contribution in [3.05, 3.63) is 66.3 Å². The quantitative estimate of drug-likeness (QED) is 0.538. The third-order valence-electron chi connectivity index (χ3n) is 4.13. The van der Waals surface area contributed by atoms with Gasteiger partial charge in [0.05, 0.1) is 19.9 Å². The number of carbonyl (C=O) groups excluding carboxylic acids is 1. The molecular formula is C20H17NO6. The first-order chi connectivity index (χ1) is 13.2. The van der Waals surface area contributed by atoms with Gasteiger partial charge in [0.1, 0.15) is 11.9 Å². The van der Waals surface area contributed by atoms with Crippen molar-refractivity contribution in [1.82, 2.24) is 5.32 Å². The number of aliphatic hydroxyl groups is 1. The molecule has 138 valence electrons. The first-order valence-corrected chi connectivity index (χ1v) is 8.32. The SMILES string of the molecule is COc1cccc2cc(C(=O)NCC(O)c3ccc(-c4ccco4)o3)oc12. The molecule has 0 saturated carbocycles. The standard InChI is InChI=1S/C20H17NO6/c1-24-17-5-2-4-12-10-18(27-19(12)17)20(23)21-11-13(22)14-7-8-16(26-14)15-6-3-9-25-15/h2-10,13,22H,11H2,1H3,(H,21,23). The monoisotopic (exact) mass is 367 g/mol. The summed E-state index contributed by atoms with van der Waals surface area (Å²) < 4.78 is 21.6. The average Bonchev–Trinajstić information content (AvgIpc) is 3.44. The van der Waals surface area contributed by atoms with Crippen LogP contribution in [0.4, 0.5) is 0 Å². The van der Waals surface area contributed by atoms with Crippen molar-refractivity contribution in [2.75, 3.05) is 13.7 Å². The Balaban J connectivity index is 1.43. The Hall–Kier alpha value is -3.45. The molecule has 0 bridgehead atoms. The van der Waals surface area contributed by atoms with Gasteiger partial charge in [-0.15, -0.1) is 0 Å². The van der Waals surface area contributed by atoms with E-state index in [0.29, 0.717) is 28.6 Å². The number of aliphatic hydroxyl groups excluding tert-OH is 1. The van der Waals surface area contributed by atoms with E-state index in [1.807, 2.05) is 12.1 Å². The van der Waals surface area contributed by atoms with E-state index in [-0.39, 0.29) is 12.3 Å². The highest BCUT2D eigenvalue weighted by atomic mass is 16.5. The van der Waals surface area contributed by atoms with Crippen LogP contribution < -0.4 is 10.1 Å². The minimum atomic E-state index is -1.00. The van der Waals surface area contributed by atoms with Crippen LogP contribution in [0.2, 0.25) is 0 Å². The highest BCUT2D eigenvalue weighted by Gasteiger charge is 2.18. The zero-order valence-electron chi connectivity index (χ0n) is 14.5. The minimum absolute atomic E-state index is 0.0296. The van der Waals surface area contributed by atoms with E-state index in [9.17, 15) is 9.90 Å². The second-order valence-electron chi connectivity index (χ2n) is 5.89. The molecule has 0 aliphatic heterocycles. The highest BCUT2D eigenvalue weighted by molar-refractivity contribution is 5.97. The number of para-hydroxylation sites is 1. The van der Waals surface area contributed by atoms with Gasteiger partial charge in [-0.05, 0) is 36.4 Å². The summed E-state index contributed by atoms with van der Waals surface area (Å²) in [7, 11) is 1.54. The van der Waals surface area contributed by atoms with Crippen molar-refractivity contribution >= 4 is 16.9 Å². The van der Waals surface area contributed by atoms with E-state index < -0.39 is 12.0 Å². The van der Waals surface area contributed by atoms with E-state index in [1.54, 1.807) is 36.4 Å². The Morgan fingerprint density at radius 3 is 2.81 bits per heavy atom. The molecule has 3 aromatic heterocycles. The van der Waals surface area contributed by atoms with Crippen LogP contribution in [-0.4, -0.2) is 24.7 Å². The predicted octanol–water partition coefficient (Wildman–Crippen LogP) is 3.76. The summed E-state index contributed by atoms with van der Waals surface area (Å²) in [6.07, 6.45) is 0.535. The zero-order valence-corrected chi connectivity index (χ0v) is 14.5. The summed E-state index contributed by atoms with van der Waals surface area (Å²) in [4.78, 5) is 12.3. The van der Waals surface area contributed by atoms with Gasteiger partial charge in [-0.2, -0.15) is 0 Å². The fraction of sp³-hybridized carbons (Fsp3) is 0.150. The van der Waals surface area contributed by atoms with Crippen molar-refractivity contribution in [1.29, 1.82) is 0 Å². The van der Waals surface area contributed by atoms with E-state index in [4.69, 9.17) is 18.0 Å². The van der Waals surface area contributed by atoms with Crippen LogP contribution in [0, 0.1) is 0 Å². The van der Waals surface area contributed by atoms with Crippen LogP contribution in [0.1, 0.15) is 22.4 Å². The number of hydrogen-bond acceptors (Lipinski definition) is 6. The van der Waals surface area contributed by atoms with Crippen LogP contribution in [0.5, 0.6) is 5.75 Å². The normalized spacial score (nSPS) is 12.2. The number of ether oxygens (including phenoxy) is 1. The molecule has 0 aliphatic rings. The number of benzene rings is 1. The number of carbonyl (C=O) groups is 1. The van der Waals surface area contributed by atoms with E-state index in [2.05, 4.69) is 5.32 Å². The fourth-order valence-corrected chi connectivity index (χ4v) is 2.77. The summed E-state index contributed by atoms with van der Waals surface area (Å²) in [5.41, 5.74) is 0.500. The number of fused-ring (bicyclic) bond motifs is 1. The summed E-state index contributed by atoms with van der Waals surface area (Å²) in [6, 6.07) is 13.9. The molecule has 3 heterocycles. The maximum Gasteiger partial charge on any atom is 0.287 e. The molecule has 0 fully saturated rings. The van der Waals surface area contributed by atoms with Gasteiger partial charge in [0.2, 0.25) is 0 Å². The lowest BCUT2D eigenvalue weighted by Crippen LogP contribution is -2.27. The lowest BCUT2D eigenvalue weighted by atomic mass is 10.2. The van der Waals surface area contributed by atoms with E-state index >= 15 is 0 Å². The van der Waals surface area contributed by atoms with E-state index in [1.165, 1.54) is 13.4 Å². The zero-order chi connectivity index (χ0) is 18.8. The van der Waals surface area contributed by atoms with Gasteiger partial charge in [-0.3, -0.25) is 4.79 Å². The Kier molecular flexibility index (Phi) is 4.43. The molecule has 1 unspecified atom stereocenters. The third-order valence-corrected chi connectivity index (χ3v) is 4.13. The summed E-state index contributed by atoms with van der Waals surface area (Å²) in [6.45, 7) is -0.0296. The molecular weight excluding hydrogens is 350 g/mol. The lowest BCUT2D eigenvalue weighted by molar-refractivity contribution is 0.0877. The molecule has 1 amide bonds. The molecule has 7 nitrogen and oxygen atoms in total. The molecule has 0 radical (unpaired) electrons. The molecule has 0 saturated heterocycles. The van der Waals surface area contributed by atoms with Gasteiger partial charge in [0, 0.05) is 5.39 Å². The van der Waals surface area contributed by atoms with Crippen LogP contribution in [0.25, 0.3) is 22.5 Å². The van der Waals surface area contributed by atoms with Crippen molar-refractivity contribution in [3.63, 3.8) is 0 Å². The van der Waals surface area contributed by atoms with Crippen molar-refractivity contribution < 1.29 is 27.9 Å². The molecule has 1 aromatic carbocycles. The number of amides is 1. The van der Waals surface area contributed by atoms with Crippen molar-refractivity contribution in [3.8, 4) is 17.3 Å². The first-order valence-electron chi connectivity index (χ1n) is 8.32. The number of furan rings is 3. The summed E-state index contributed by atoms with van der Waals surface area (Å²) in [5, 5.41) is 13.7. The number of rotatable bonds is 6. The summed E-state index contributed by atoms with van der Waals surface area (Å²) >= 11 is 0. The van der Waals surface area contributed by atoms with Gasteiger partial charge in [-0.25, -0.2) is 0 Å². The van der Waals surface area contributed by atoms with Crippen LogP contribution >= 0.6 is 0 Å². The molecule has 7 heteroatoms. The Morgan fingerprint density at radius 2 is 2.04 bits per heavy atom. The molecule has 1 atom stereocenters. The van der Waals surface area contributed by atoms with Crippen LogP contribution in [0.3, 0.4) is 0 Å². The maximum atomic E-state index is 12.3. The average molecular weight is 367 g/mol. The maximum absolute atomic E-state index is 12.3. The smallest absolute Gasteiger partial charge is 0.287 e. The van der Waals surface area contributed by atoms with Crippen molar-refractivity contribution in [2.24, 2.45) is 0 Å². The molecule has 0 spiro atoms. The molecule has 4 aromatic rings. The van der Waals surface area contributed by atoms with Gasteiger partial charge in [0.25, 0.3) is 5.91 Å². The molecule has 2 N–H and O–H groups in total. The van der Waals surface area contributed by atoms with Crippen LogP contribution in [-0.2, 0) is 0 Å². The third kappa shape index (κ3) is 3.32. The Morgan fingerprint density at radius 1 is 1.15 bits per heavy atom. The van der Waals surface area contributed by atoms with E-state index in [0.717, 1.165) is 5.39 Å². The van der Waals surface area contributed by atoms with Crippen molar-refractivity contribution in [2.45, 2.75) is 6.10 Å². The fourth-order valence-electron chi connectivity index (χ4n) is 2.77. The van der Waals surface area contributed by atoms with Gasteiger partial charge >= 0.3 is 0 Å². The first kappa shape index (κ1) is 17.0. The predicted molar refractivity (Wildman–Crippen MR) is 96.5 cm³/mol. The number of nitrogens with one attached hydrogen (secondary N) is 1. The summed E-state index contributed by atoms with van der Waals surface area (Å²) in [5.74, 6) is 1.64. The van der Waals surface area contributed by atoms with Crippen LogP contribution in [0.15, 0.2) is 68.0 Å². The van der Waals surface area contributed by atoms with Gasteiger partial charge < -0.3 is 28.4 Å². The molecule has 4 rings (SSSR count). The Bertz CT molecular complexity index is 1060. The Labute approximate surface area is 154 Å². The second kappa shape index (κ2) is 7.05. The lowest BCUT2D eigenvalue weighted by Gasteiger charge is -2.08. The second-order valence-corrected chi connectivity index (χ2v) is 5.89. The highest BCUT2D eigenvalue weighted by Crippen LogP contribution is 2.29. The molecule has 27 heavy (non-hydrogen) atoms. The molecule has 0 aliphatic carbocycles. The topological polar surface area (TPSA) is 98.0 Å². The number of methoxy groups -OCH3 is 1. The number of hydrogen-bond donors (Lipinski definition) is 2. The largest absolute Gasteiger partial charge is 0.493 e. The van der Waals surface area contributed by atoms with Gasteiger partial charge in [-0.1, -0.05) is 12.1 Å². The van der Waals surface area contributed by atoms with Gasteiger partial charge in [0.15, 0.2) is 28.6 Å². The minimum Gasteiger partial charge on any atom is -0.493 e.